The van der Waals surface area contributed by atoms with Crippen LogP contribution in [0, 0.1) is 5.82 Å². The summed E-state index contributed by atoms with van der Waals surface area (Å²) in [6.07, 6.45) is 5.13. The van der Waals surface area contributed by atoms with Crippen molar-refractivity contribution in [1.82, 2.24) is 9.80 Å². The quantitative estimate of drug-likeness (QED) is 0.246. The standard InChI is InChI=1S/C28H35FN2O4/c1-3-5-16-30(17-6-4-2)18-7-19-31-25(20-10-14-23(32)15-11-20)24(27(34)28(31)35)26(33)21-8-12-22(29)13-9-21/h8-15,25,32-33H,3-7,16-19H2,1-2H3. The minimum absolute atomic E-state index is 0.0267. The topological polar surface area (TPSA) is 81.1 Å². The van der Waals surface area contributed by atoms with Crippen LogP contribution in [-0.4, -0.2) is 57.9 Å². The summed E-state index contributed by atoms with van der Waals surface area (Å²) in [5.74, 6) is -2.17. The summed E-state index contributed by atoms with van der Waals surface area (Å²) >= 11 is 0. The number of carbonyl (C=O) groups excluding carboxylic acids is 2. The van der Waals surface area contributed by atoms with Crippen LogP contribution >= 0.6 is 0 Å². The maximum atomic E-state index is 13.4. The number of aromatic hydroxyl groups is 1. The van der Waals surface area contributed by atoms with Gasteiger partial charge in [-0.3, -0.25) is 9.59 Å². The molecule has 2 N–H and O–H groups in total. The molecule has 0 bridgehead atoms. The Kier molecular flexibility index (Phi) is 9.43. The lowest BCUT2D eigenvalue weighted by Crippen LogP contribution is -2.34. The number of phenolic OH excluding ortho intramolecular Hbond substituents is 1. The van der Waals surface area contributed by atoms with Crippen LogP contribution in [0.1, 0.15) is 63.1 Å². The molecule has 0 aromatic heterocycles. The first-order chi connectivity index (χ1) is 16.9. The third-order valence-electron chi connectivity index (χ3n) is 6.40. The molecule has 3 rings (SSSR count). The van der Waals surface area contributed by atoms with E-state index in [4.69, 9.17) is 0 Å². The van der Waals surface area contributed by atoms with E-state index in [0.29, 0.717) is 18.5 Å². The highest BCUT2D eigenvalue weighted by atomic mass is 19.1. The zero-order chi connectivity index (χ0) is 25.4. The molecule has 2 aromatic carbocycles. The van der Waals surface area contributed by atoms with Crippen LogP contribution in [0.15, 0.2) is 54.1 Å². The Morgan fingerprint density at radius 2 is 1.49 bits per heavy atom. The molecule has 0 radical (unpaired) electrons. The number of hydrogen-bond donors (Lipinski definition) is 2. The number of unbranched alkanes of at least 4 members (excludes halogenated alkanes) is 2. The fourth-order valence-electron chi connectivity index (χ4n) is 4.44. The summed E-state index contributed by atoms with van der Waals surface area (Å²) < 4.78 is 13.4. The Morgan fingerprint density at radius 1 is 0.914 bits per heavy atom. The van der Waals surface area contributed by atoms with Crippen molar-refractivity contribution in [3.8, 4) is 5.75 Å². The number of halogens is 1. The van der Waals surface area contributed by atoms with E-state index in [1.165, 1.54) is 41.3 Å². The van der Waals surface area contributed by atoms with Gasteiger partial charge in [-0.2, -0.15) is 0 Å². The minimum Gasteiger partial charge on any atom is -0.508 e. The van der Waals surface area contributed by atoms with Crippen LogP contribution in [0.25, 0.3) is 5.76 Å². The molecule has 1 saturated heterocycles. The van der Waals surface area contributed by atoms with Gasteiger partial charge in [0.2, 0.25) is 0 Å². The molecule has 1 atom stereocenters. The van der Waals surface area contributed by atoms with Gasteiger partial charge in [0.05, 0.1) is 11.6 Å². The van der Waals surface area contributed by atoms with Gasteiger partial charge in [0.25, 0.3) is 11.7 Å². The summed E-state index contributed by atoms with van der Waals surface area (Å²) in [6, 6.07) is 10.6. The van der Waals surface area contributed by atoms with Gasteiger partial charge >= 0.3 is 0 Å². The number of amides is 1. The van der Waals surface area contributed by atoms with E-state index in [2.05, 4.69) is 18.7 Å². The fraction of sp³-hybridized carbons (Fsp3) is 0.429. The molecular formula is C28H35FN2O4. The molecule has 1 unspecified atom stereocenters. The average molecular weight is 483 g/mol. The fourth-order valence-corrected chi connectivity index (χ4v) is 4.44. The van der Waals surface area contributed by atoms with Gasteiger partial charge in [-0.1, -0.05) is 38.8 Å². The first-order valence-corrected chi connectivity index (χ1v) is 12.4. The molecule has 6 nitrogen and oxygen atoms in total. The van der Waals surface area contributed by atoms with Gasteiger partial charge in [0, 0.05) is 12.1 Å². The van der Waals surface area contributed by atoms with Crippen LogP contribution in [0.3, 0.4) is 0 Å². The number of aliphatic hydroxyl groups is 1. The second-order valence-corrected chi connectivity index (χ2v) is 8.99. The molecule has 1 aliphatic rings. The van der Waals surface area contributed by atoms with Gasteiger partial charge in [0.15, 0.2) is 0 Å². The molecule has 0 saturated carbocycles. The molecule has 188 valence electrons. The molecule has 7 heteroatoms. The first kappa shape index (κ1) is 26.4. The Morgan fingerprint density at radius 3 is 2.06 bits per heavy atom. The van der Waals surface area contributed by atoms with E-state index in [9.17, 15) is 24.2 Å². The van der Waals surface area contributed by atoms with Gasteiger partial charge in [-0.15, -0.1) is 0 Å². The van der Waals surface area contributed by atoms with E-state index in [1.807, 2.05) is 0 Å². The zero-order valence-electron chi connectivity index (χ0n) is 20.5. The zero-order valence-corrected chi connectivity index (χ0v) is 20.5. The number of aliphatic hydroxyl groups excluding tert-OH is 1. The van der Waals surface area contributed by atoms with Crippen molar-refractivity contribution in [2.75, 3.05) is 26.2 Å². The van der Waals surface area contributed by atoms with Crippen molar-refractivity contribution >= 4 is 17.4 Å². The Hall–Kier alpha value is -3.19. The van der Waals surface area contributed by atoms with Gasteiger partial charge in [0.1, 0.15) is 17.3 Å². The van der Waals surface area contributed by atoms with Crippen molar-refractivity contribution in [2.24, 2.45) is 0 Å². The highest BCUT2D eigenvalue weighted by Crippen LogP contribution is 2.39. The number of ketones is 1. The second kappa shape index (κ2) is 12.5. The number of benzene rings is 2. The SMILES string of the molecule is CCCCN(CCCC)CCCN1C(=O)C(=O)C(=C(O)c2ccc(F)cc2)C1c1ccc(O)cc1. The van der Waals surface area contributed by atoms with E-state index in [1.54, 1.807) is 12.1 Å². The Balaban J connectivity index is 1.90. The predicted molar refractivity (Wildman–Crippen MR) is 134 cm³/mol. The van der Waals surface area contributed by atoms with E-state index < -0.39 is 23.5 Å². The Bertz CT molecular complexity index is 1030. The molecule has 1 heterocycles. The summed E-state index contributed by atoms with van der Waals surface area (Å²) in [7, 11) is 0. The van der Waals surface area contributed by atoms with Crippen molar-refractivity contribution in [2.45, 2.75) is 52.0 Å². The maximum absolute atomic E-state index is 13.4. The summed E-state index contributed by atoms with van der Waals surface area (Å²) in [5.41, 5.74) is 0.846. The van der Waals surface area contributed by atoms with Gasteiger partial charge in [-0.25, -0.2) is 4.39 Å². The van der Waals surface area contributed by atoms with Gasteiger partial charge < -0.3 is 20.0 Å². The number of carbonyl (C=O) groups is 2. The lowest BCUT2D eigenvalue weighted by molar-refractivity contribution is -0.140. The molecule has 1 aliphatic heterocycles. The molecule has 2 aromatic rings. The van der Waals surface area contributed by atoms with Crippen LogP contribution < -0.4 is 0 Å². The summed E-state index contributed by atoms with van der Waals surface area (Å²) in [4.78, 5) is 30.1. The minimum atomic E-state index is -0.791. The van der Waals surface area contributed by atoms with E-state index >= 15 is 0 Å². The largest absolute Gasteiger partial charge is 0.508 e. The van der Waals surface area contributed by atoms with Crippen LogP contribution in [-0.2, 0) is 9.59 Å². The Labute approximate surface area is 206 Å². The second-order valence-electron chi connectivity index (χ2n) is 8.99. The summed E-state index contributed by atoms with van der Waals surface area (Å²) in [6.45, 7) is 7.49. The van der Waals surface area contributed by atoms with Crippen molar-refractivity contribution in [1.29, 1.82) is 0 Å². The summed E-state index contributed by atoms with van der Waals surface area (Å²) in [5, 5.41) is 20.8. The number of Topliss-reactive ketones (excluding diaryl/α,β-unsaturated/α-hetero) is 1. The lowest BCUT2D eigenvalue weighted by atomic mass is 9.95. The van der Waals surface area contributed by atoms with Gasteiger partial charge in [-0.05, 0) is 80.9 Å². The molecule has 0 spiro atoms. The molecular weight excluding hydrogens is 447 g/mol. The maximum Gasteiger partial charge on any atom is 0.295 e. The molecule has 1 fully saturated rings. The lowest BCUT2D eigenvalue weighted by Gasteiger charge is -2.27. The van der Waals surface area contributed by atoms with Crippen LogP contribution in [0.5, 0.6) is 5.75 Å². The van der Waals surface area contributed by atoms with Crippen molar-refractivity contribution in [3.05, 3.63) is 71.0 Å². The highest BCUT2D eigenvalue weighted by Gasteiger charge is 2.45. The van der Waals surface area contributed by atoms with Crippen molar-refractivity contribution < 1.29 is 24.2 Å². The predicted octanol–water partition coefficient (Wildman–Crippen LogP) is 5.25. The monoisotopic (exact) mass is 482 g/mol. The third-order valence-corrected chi connectivity index (χ3v) is 6.40. The smallest absolute Gasteiger partial charge is 0.295 e. The normalized spacial score (nSPS) is 17.5. The number of likely N-dealkylation sites (tertiary alicyclic amines) is 1. The van der Waals surface area contributed by atoms with Crippen LogP contribution in [0.2, 0.25) is 0 Å². The van der Waals surface area contributed by atoms with Crippen LogP contribution in [0.4, 0.5) is 4.39 Å². The van der Waals surface area contributed by atoms with E-state index in [-0.39, 0.29) is 22.6 Å². The first-order valence-electron chi connectivity index (χ1n) is 12.4. The van der Waals surface area contributed by atoms with E-state index in [0.717, 1.165) is 45.3 Å². The van der Waals surface area contributed by atoms with Crippen molar-refractivity contribution in [3.63, 3.8) is 0 Å². The number of rotatable bonds is 12. The molecule has 35 heavy (non-hydrogen) atoms. The number of hydrogen-bond acceptors (Lipinski definition) is 5. The average Bonchev–Trinajstić information content (AvgIpc) is 3.10. The molecule has 1 amide bonds. The number of phenols is 1. The number of nitrogens with zero attached hydrogens (tertiary/aromatic N) is 2. The third kappa shape index (κ3) is 6.48. The molecule has 0 aliphatic carbocycles. The highest BCUT2D eigenvalue weighted by molar-refractivity contribution is 6.46.